The lowest BCUT2D eigenvalue weighted by Crippen LogP contribution is -2.06. The van der Waals surface area contributed by atoms with E-state index in [9.17, 15) is 4.79 Å². The molecule has 0 spiro atoms. The minimum absolute atomic E-state index is 0.0383. The van der Waals surface area contributed by atoms with Gasteiger partial charge in [0.2, 0.25) is 0 Å². The fraction of sp³-hybridized carbons (Fsp3) is 0.200. The summed E-state index contributed by atoms with van der Waals surface area (Å²) in [4.78, 5) is 11.6. The van der Waals surface area contributed by atoms with E-state index >= 15 is 0 Å². The first kappa shape index (κ1) is 16.1. The highest BCUT2D eigenvalue weighted by Crippen LogP contribution is 2.19. The Bertz CT molecular complexity index is 623. The van der Waals surface area contributed by atoms with E-state index in [1.807, 2.05) is 6.07 Å². The van der Waals surface area contributed by atoms with Gasteiger partial charge in [-0.3, -0.25) is 0 Å². The Morgan fingerprint density at radius 1 is 1.43 bits per heavy atom. The number of rotatable bonds is 5. The summed E-state index contributed by atoms with van der Waals surface area (Å²) >= 11 is 0. The van der Waals surface area contributed by atoms with Gasteiger partial charge in [0.15, 0.2) is 0 Å². The molecule has 0 saturated carbocycles. The van der Waals surface area contributed by atoms with Gasteiger partial charge in [0, 0.05) is 12.6 Å². The minimum atomic E-state index is -0.655. The summed E-state index contributed by atoms with van der Waals surface area (Å²) in [7, 11) is 1.49. The molecule has 0 fully saturated rings. The molecule has 6 nitrogen and oxygen atoms in total. The fourth-order valence-corrected chi connectivity index (χ4v) is 1.50. The third-order valence-electron chi connectivity index (χ3n) is 2.46. The predicted octanol–water partition coefficient (Wildman–Crippen LogP) is 2.99. The summed E-state index contributed by atoms with van der Waals surface area (Å²) in [5, 5.41) is 25.5. The Morgan fingerprint density at radius 3 is 2.57 bits per heavy atom. The summed E-state index contributed by atoms with van der Waals surface area (Å²) in [5.41, 5.74) is 1.50. The molecule has 1 aromatic carbocycles. The number of ether oxygens (including phenoxy) is 1. The normalized spacial score (nSPS) is 12.2. The van der Waals surface area contributed by atoms with E-state index in [1.54, 1.807) is 31.2 Å². The smallest absolute Gasteiger partial charge is 0.341 e. The summed E-state index contributed by atoms with van der Waals surface area (Å²) in [6.07, 6.45) is 2.03. The van der Waals surface area contributed by atoms with Crippen LogP contribution in [0.5, 0.6) is 0 Å². The van der Waals surface area contributed by atoms with Crippen molar-refractivity contribution in [3.05, 3.63) is 53.3 Å². The second-order valence-electron chi connectivity index (χ2n) is 3.82. The standard InChI is InChI=1S/C15H15N3O3/c1-3-21-15(20)13(10-19)8-14(18-17-2)12-6-4-11(9-16)5-7-12/h4-8,10,19H,3H2,1-2H3. The van der Waals surface area contributed by atoms with Crippen molar-refractivity contribution in [2.45, 2.75) is 6.92 Å². The number of nitriles is 1. The average molecular weight is 285 g/mol. The lowest BCUT2D eigenvalue weighted by Gasteiger charge is -2.04. The molecule has 1 aromatic rings. The molecule has 0 heterocycles. The van der Waals surface area contributed by atoms with Gasteiger partial charge in [-0.25, -0.2) is 4.79 Å². The zero-order chi connectivity index (χ0) is 15.7. The number of carbonyl (C=O) groups is 1. The average Bonchev–Trinajstić information content (AvgIpc) is 2.51. The molecule has 21 heavy (non-hydrogen) atoms. The van der Waals surface area contributed by atoms with Crippen molar-refractivity contribution in [2.24, 2.45) is 10.2 Å². The summed E-state index contributed by atoms with van der Waals surface area (Å²) < 4.78 is 4.82. The molecule has 108 valence electrons. The Labute approximate surface area is 122 Å². The zero-order valence-electron chi connectivity index (χ0n) is 11.8. The van der Waals surface area contributed by atoms with Crippen LogP contribution >= 0.6 is 0 Å². The molecule has 0 unspecified atom stereocenters. The second kappa shape index (κ2) is 8.27. The van der Waals surface area contributed by atoms with Crippen molar-refractivity contribution >= 4 is 11.7 Å². The molecule has 0 amide bonds. The Morgan fingerprint density at radius 2 is 2.10 bits per heavy atom. The Kier molecular flexibility index (Phi) is 6.35. The highest BCUT2D eigenvalue weighted by Gasteiger charge is 2.11. The fourth-order valence-electron chi connectivity index (χ4n) is 1.50. The first-order valence-electron chi connectivity index (χ1n) is 6.19. The van der Waals surface area contributed by atoms with Crippen LogP contribution < -0.4 is 0 Å². The molecule has 6 heteroatoms. The number of hydrogen-bond donors (Lipinski definition) is 1. The van der Waals surface area contributed by atoms with Gasteiger partial charge < -0.3 is 9.84 Å². The third-order valence-corrected chi connectivity index (χ3v) is 2.46. The van der Waals surface area contributed by atoms with Crippen LogP contribution in [0.2, 0.25) is 0 Å². The lowest BCUT2D eigenvalue weighted by molar-refractivity contribution is -0.138. The number of aliphatic hydroxyl groups is 1. The summed E-state index contributed by atoms with van der Waals surface area (Å²) in [5.74, 6) is -0.655. The van der Waals surface area contributed by atoms with Gasteiger partial charge in [0.1, 0.15) is 0 Å². The molecule has 1 rings (SSSR count). The lowest BCUT2D eigenvalue weighted by atomic mass is 10.1. The van der Waals surface area contributed by atoms with Crippen molar-refractivity contribution in [1.29, 1.82) is 5.26 Å². The van der Waals surface area contributed by atoms with E-state index in [1.165, 1.54) is 13.1 Å². The number of nitrogens with zero attached hydrogens (tertiary/aromatic N) is 3. The summed E-state index contributed by atoms with van der Waals surface area (Å²) in [6, 6.07) is 8.62. The van der Waals surface area contributed by atoms with Gasteiger partial charge in [0.25, 0.3) is 0 Å². The minimum Gasteiger partial charge on any atom is -0.515 e. The molecular weight excluding hydrogens is 270 g/mol. The number of carbonyl (C=O) groups excluding carboxylic acids is 1. The highest BCUT2D eigenvalue weighted by atomic mass is 16.5. The van der Waals surface area contributed by atoms with Crippen LogP contribution in [0.15, 0.2) is 52.4 Å². The van der Waals surface area contributed by atoms with Gasteiger partial charge in [-0.05, 0) is 25.1 Å². The number of hydrogen-bond acceptors (Lipinski definition) is 6. The van der Waals surface area contributed by atoms with Gasteiger partial charge >= 0.3 is 5.97 Å². The number of azo groups is 1. The molecule has 0 aliphatic rings. The first-order chi connectivity index (χ1) is 10.2. The third kappa shape index (κ3) is 4.58. The maximum Gasteiger partial charge on any atom is 0.341 e. The van der Waals surface area contributed by atoms with Crippen LogP contribution in [0, 0.1) is 11.3 Å². The quantitative estimate of drug-likeness (QED) is 0.296. The molecular formula is C15H15N3O3. The topological polar surface area (TPSA) is 95.0 Å². The van der Waals surface area contributed by atoms with Crippen LogP contribution in [0.1, 0.15) is 18.1 Å². The molecule has 0 saturated heterocycles. The maximum absolute atomic E-state index is 11.6. The molecule has 0 aliphatic carbocycles. The van der Waals surface area contributed by atoms with E-state index in [-0.39, 0.29) is 12.2 Å². The van der Waals surface area contributed by atoms with E-state index in [0.29, 0.717) is 23.1 Å². The SMILES string of the molecule is CCOC(=O)C(=CO)C=C(N=NC)c1ccc(C#N)cc1. The zero-order valence-corrected chi connectivity index (χ0v) is 11.8. The van der Waals surface area contributed by atoms with E-state index in [0.717, 1.165) is 0 Å². The molecule has 0 aromatic heterocycles. The van der Waals surface area contributed by atoms with Gasteiger partial charge in [-0.15, -0.1) is 0 Å². The molecule has 1 N–H and O–H groups in total. The summed E-state index contributed by atoms with van der Waals surface area (Å²) in [6.45, 7) is 1.87. The Balaban J connectivity index is 3.18. The first-order valence-corrected chi connectivity index (χ1v) is 6.19. The number of benzene rings is 1. The van der Waals surface area contributed by atoms with Crippen molar-refractivity contribution < 1.29 is 14.6 Å². The van der Waals surface area contributed by atoms with E-state index < -0.39 is 5.97 Å². The van der Waals surface area contributed by atoms with Crippen LogP contribution in [-0.2, 0) is 9.53 Å². The van der Waals surface area contributed by atoms with Gasteiger partial charge in [0.05, 0.1) is 35.8 Å². The van der Waals surface area contributed by atoms with Crippen molar-refractivity contribution in [2.75, 3.05) is 13.7 Å². The molecule has 0 bridgehead atoms. The molecule has 0 atom stereocenters. The Hall–Kier alpha value is -2.94. The van der Waals surface area contributed by atoms with Crippen LogP contribution in [-0.4, -0.2) is 24.7 Å². The highest BCUT2D eigenvalue weighted by molar-refractivity contribution is 5.93. The molecule has 0 radical (unpaired) electrons. The van der Waals surface area contributed by atoms with Crippen molar-refractivity contribution in [3.8, 4) is 6.07 Å². The second-order valence-corrected chi connectivity index (χ2v) is 3.82. The number of esters is 1. The monoisotopic (exact) mass is 285 g/mol. The van der Waals surface area contributed by atoms with Crippen molar-refractivity contribution in [3.63, 3.8) is 0 Å². The maximum atomic E-state index is 11.6. The van der Waals surface area contributed by atoms with E-state index in [4.69, 9.17) is 15.1 Å². The van der Waals surface area contributed by atoms with E-state index in [2.05, 4.69) is 10.2 Å². The van der Waals surface area contributed by atoms with Gasteiger partial charge in [-0.2, -0.15) is 15.5 Å². The van der Waals surface area contributed by atoms with Crippen LogP contribution in [0.25, 0.3) is 5.70 Å². The van der Waals surface area contributed by atoms with Crippen molar-refractivity contribution in [1.82, 2.24) is 0 Å². The predicted molar refractivity (Wildman–Crippen MR) is 77.3 cm³/mol. The molecule has 0 aliphatic heterocycles. The van der Waals surface area contributed by atoms with Crippen LogP contribution in [0.3, 0.4) is 0 Å². The number of aliphatic hydroxyl groups excluding tert-OH is 1. The van der Waals surface area contributed by atoms with Gasteiger partial charge in [-0.1, -0.05) is 12.1 Å². The van der Waals surface area contributed by atoms with Crippen LogP contribution in [0.4, 0.5) is 0 Å². The largest absolute Gasteiger partial charge is 0.515 e.